The fraction of sp³-hybridized carbons (Fsp3) is 0.340. The van der Waals surface area contributed by atoms with Gasteiger partial charge in [-0.3, -0.25) is 14.4 Å². The first-order valence-electron chi connectivity index (χ1n) is 20.7. The molecular formula is C47H57ClF3N5O3S3. The van der Waals surface area contributed by atoms with Crippen LogP contribution in [0.15, 0.2) is 136 Å². The topological polar surface area (TPSA) is 85.0 Å². The third kappa shape index (κ3) is 15.0. The first-order valence-corrected chi connectivity index (χ1v) is 24.4. The normalized spacial score (nSPS) is 13.1. The van der Waals surface area contributed by atoms with E-state index in [-0.39, 0.29) is 17.1 Å². The summed E-state index contributed by atoms with van der Waals surface area (Å²) in [5, 5.41) is 3.53. The smallest absolute Gasteiger partial charge is 0.383 e. The standard InChI is InChI=1S/C39H36ClF3N4O3S3.C6H15N.C2H6/c40-31-14-10-28(11-15-31)35-9-5-4-6-30(35)27-46-21-23-47(24-22-46)32-16-12-29(13-17-32)38(48)45-52-34-18-19-36(37(26-34)53(49,50)39(41,42)43)44-20-25-51-33-7-2-1-3-8-33;1-4-6-7(3)5-2;1-2/h1-19,26,44H,20-25,27H2,(H,45,48);4-6H2,1-3H3;1-2H3. The average Bonchev–Trinajstić information content (AvgIpc) is 3.29. The van der Waals surface area contributed by atoms with Crippen molar-refractivity contribution in [2.75, 3.05) is 68.8 Å². The number of amides is 1. The van der Waals surface area contributed by atoms with Crippen LogP contribution in [0.1, 0.15) is 50.0 Å². The number of nitrogens with zero attached hydrogens (tertiary/aromatic N) is 3. The van der Waals surface area contributed by atoms with E-state index < -0.39 is 26.1 Å². The maximum Gasteiger partial charge on any atom is 0.501 e. The number of anilines is 2. The zero-order chi connectivity index (χ0) is 45.1. The van der Waals surface area contributed by atoms with Crippen LogP contribution in [0.2, 0.25) is 5.02 Å². The van der Waals surface area contributed by atoms with Gasteiger partial charge in [0, 0.05) is 71.1 Å². The van der Waals surface area contributed by atoms with E-state index in [1.54, 1.807) is 12.1 Å². The lowest BCUT2D eigenvalue weighted by Crippen LogP contribution is -2.46. The van der Waals surface area contributed by atoms with Gasteiger partial charge in [-0.1, -0.05) is 93.9 Å². The van der Waals surface area contributed by atoms with E-state index in [1.807, 2.05) is 86.6 Å². The van der Waals surface area contributed by atoms with Crippen LogP contribution in [0.3, 0.4) is 0 Å². The molecule has 1 heterocycles. The summed E-state index contributed by atoms with van der Waals surface area (Å²) in [6.45, 7) is 15.2. The molecular weight excluding hydrogens is 871 g/mol. The van der Waals surface area contributed by atoms with E-state index in [2.05, 4.69) is 63.8 Å². The molecule has 1 aliphatic rings. The maximum absolute atomic E-state index is 13.6. The minimum absolute atomic E-state index is 0.135. The van der Waals surface area contributed by atoms with Gasteiger partial charge in [-0.15, -0.1) is 11.8 Å². The van der Waals surface area contributed by atoms with E-state index >= 15 is 0 Å². The monoisotopic (exact) mass is 927 g/mol. The highest BCUT2D eigenvalue weighted by atomic mass is 35.5. The Kier molecular flexibility index (Phi) is 20.5. The molecule has 2 N–H and O–H groups in total. The van der Waals surface area contributed by atoms with Gasteiger partial charge in [0.25, 0.3) is 15.7 Å². The first kappa shape index (κ1) is 50.5. The molecule has 0 atom stereocenters. The number of nitrogens with one attached hydrogen (secondary N) is 2. The van der Waals surface area contributed by atoms with Gasteiger partial charge in [0.15, 0.2) is 0 Å². The number of hydrogen-bond donors (Lipinski definition) is 2. The fourth-order valence-corrected chi connectivity index (χ4v) is 9.02. The molecule has 0 bridgehead atoms. The number of rotatable bonds is 16. The number of alkyl halides is 3. The van der Waals surface area contributed by atoms with Crippen LogP contribution < -0.4 is 14.9 Å². The number of carbonyl (C=O) groups is 1. The van der Waals surface area contributed by atoms with E-state index in [9.17, 15) is 26.4 Å². The lowest BCUT2D eigenvalue weighted by Gasteiger charge is -2.36. The third-order valence-electron chi connectivity index (χ3n) is 9.82. The molecule has 5 aromatic rings. The highest BCUT2D eigenvalue weighted by molar-refractivity contribution is 7.99. The van der Waals surface area contributed by atoms with Gasteiger partial charge >= 0.3 is 5.51 Å². The highest BCUT2D eigenvalue weighted by Gasteiger charge is 2.48. The second-order valence-corrected chi connectivity index (χ2v) is 18.5. The Hall–Kier alpha value is -4.18. The maximum atomic E-state index is 13.6. The average molecular weight is 929 g/mol. The van der Waals surface area contributed by atoms with Gasteiger partial charge < -0.3 is 15.1 Å². The summed E-state index contributed by atoms with van der Waals surface area (Å²) in [6, 6.07) is 36.5. The molecule has 0 radical (unpaired) electrons. The fourth-order valence-electron chi connectivity index (χ4n) is 6.43. The molecule has 0 aromatic heterocycles. The van der Waals surface area contributed by atoms with E-state index in [0.717, 1.165) is 66.9 Å². The molecule has 15 heteroatoms. The quantitative estimate of drug-likeness (QED) is 0.0571. The van der Waals surface area contributed by atoms with Gasteiger partial charge in [0.2, 0.25) is 0 Å². The van der Waals surface area contributed by atoms with Crippen LogP contribution in [0, 0.1) is 0 Å². The minimum Gasteiger partial charge on any atom is -0.383 e. The molecule has 1 fully saturated rings. The van der Waals surface area contributed by atoms with E-state index in [1.165, 1.54) is 54.5 Å². The minimum atomic E-state index is -5.67. The number of benzene rings is 5. The predicted molar refractivity (Wildman–Crippen MR) is 254 cm³/mol. The Balaban J connectivity index is 0.000000854. The van der Waals surface area contributed by atoms with Gasteiger partial charge in [-0.25, -0.2) is 8.42 Å². The van der Waals surface area contributed by atoms with Crippen LogP contribution in [0.25, 0.3) is 11.1 Å². The third-order valence-corrected chi connectivity index (χ3v) is 13.4. The van der Waals surface area contributed by atoms with Gasteiger partial charge in [-0.05, 0) is 122 Å². The van der Waals surface area contributed by atoms with Crippen molar-refractivity contribution >= 4 is 62.4 Å². The Morgan fingerprint density at radius 3 is 2.08 bits per heavy atom. The summed E-state index contributed by atoms with van der Waals surface area (Å²) in [4.78, 5) is 20.2. The molecule has 5 aromatic carbocycles. The molecule has 0 saturated carbocycles. The number of sulfone groups is 1. The van der Waals surface area contributed by atoms with Crippen LogP contribution >= 0.6 is 35.3 Å². The Bertz CT molecular complexity index is 2230. The summed E-state index contributed by atoms with van der Waals surface area (Å²) in [5.74, 6) is 0.0314. The van der Waals surface area contributed by atoms with Crippen molar-refractivity contribution in [3.63, 3.8) is 0 Å². The molecule has 8 nitrogen and oxygen atoms in total. The molecule has 1 aliphatic heterocycles. The number of piperazine rings is 1. The molecule has 334 valence electrons. The molecule has 62 heavy (non-hydrogen) atoms. The second-order valence-electron chi connectivity index (χ2n) is 14.1. The zero-order valence-corrected chi connectivity index (χ0v) is 39.1. The van der Waals surface area contributed by atoms with Crippen LogP contribution in [-0.2, 0) is 16.4 Å². The van der Waals surface area contributed by atoms with Crippen molar-refractivity contribution in [3.05, 3.63) is 137 Å². The first-order chi connectivity index (χ1) is 29.8. The van der Waals surface area contributed by atoms with Crippen molar-refractivity contribution in [1.29, 1.82) is 0 Å². The largest absolute Gasteiger partial charge is 0.501 e. The van der Waals surface area contributed by atoms with Crippen LogP contribution in [-0.4, -0.2) is 88.2 Å². The van der Waals surface area contributed by atoms with E-state index in [4.69, 9.17) is 11.6 Å². The van der Waals surface area contributed by atoms with Crippen molar-refractivity contribution in [2.45, 2.75) is 60.9 Å². The van der Waals surface area contributed by atoms with Crippen molar-refractivity contribution < 1.29 is 26.4 Å². The number of carbonyl (C=O) groups excluding carboxylic acids is 1. The molecule has 1 saturated heterocycles. The Morgan fingerprint density at radius 2 is 1.47 bits per heavy atom. The SMILES string of the molecule is CC.CCCN(C)CC.O=C(NSc1ccc(NCCSc2ccccc2)c(S(=O)(=O)C(F)(F)F)c1)c1ccc(N2CCN(Cc3ccccc3-c3ccc(Cl)cc3)CC2)cc1. The summed E-state index contributed by atoms with van der Waals surface area (Å²) >= 11 is 8.33. The van der Waals surface area contributed by atoms with Crippen LogP contribution in [0.5, 0.6) is 0 Å². The lowest BCUT2D eigenvalue weighted by atomic mass is 9.99. The number of halogens is 4. The molecule has 0 spiro atoms. The summed E-state index contributed by atoms with van der Waals surface area (Å²) < 4.78 is 68.5. The Morgan fingerprint density at radius 1 is 0.823 bits per heavy atom. The highest BCUT2D eigenvalue weighted by Crippen LogP contribution is 2.37. The van der Waals surface area contributed by atoms with Crippen molar-refractivity contribution in [1.82, 2.24) is 14.5 Å². The molecule has 6 rings (SSSR count). The van der Waals surface area contributed by atoms with Gasteiger partial charge in [0.1, 0.15) is 4.90 Å². The summed E-state index contributed by atoms with van der Waals surface area (Å²) in [7, 11) is -3.52. The molecule has 0 aliphatic carbocycles. The number of hydrogen-bond acceptors (Lipinski definition) is 9. The van der Waals surface area contributed by atoms with Crippen LogP contribution in [0.4, 0.5) is 24.5 Å². The molecule has 1 amide bonds. The Labute approximate surface area is 379 Å². The van der Waals surface area contributed by atoms with Crippen molar-refractivity contribution in [2.24, 2.45) is 0 Å². The summed E-state index contributed by atoms with van der Waals surface area (Å²) in [5.41, 5.74) is -0.767. The lowest BCUT2D eigenvalue weighted by molar-refractivity contribution is -0.0435. The van der Waals surface area contributed by atoms with Gasteiger partial charge in [-0.2, -0.15) is 13.2 Å². The van der Waals surface area contributed by atoms with E-state index in [0.29, 0.717) is 16.3 Å². The number of thioether (sulfide) groups is 1. The predicted octanol–water partition coefficient (Wildman–Crippen LogP) is 11.6. The van der Waals surface area contributed by atoms with Gasteiger partial charge in [0.05, 0.1) is 5.69 Å². The zero-order valence-electron chi connectivity index (χ0n) is 35.9. The molecule has 0 unspecified atom stereocenters. The summed E-state index contributed by atoms with van der Waals surface area (Å²) in [6.07, 6.45) is 1.27. The van der Waals surface area contributed by atoms with Crippen molar-refractivity contribution in [3.8, 4) is 11.1 Å². The second kappa shape index (κ2) is 25.2.